The lowest BCUT2D eigenvalue weighted by Crippen LogP contribution is -2.39. The van der Waals surface area contributed by atoms with E-state index in [2.05, 4.69) is 15.1 Å². The van der Waals surface area contributed by atoms with Crippen LogP contribution in [0.4, 0.5) is 0 Å². The third-order valence-electron chi connectivity index (χ3n) is 3.80. The Labute approximate surface area is 128 Å². The van der Waals surface area contributed by atoms with E-state index < -0.39 is 0 Å². The monoisotopic (exact) mass is 302 g/mol. The Balaban J connectivity index is 1.75. The number of aryl methyl sites for hydroxylation is 1. The number of hydrogen-bond donors (Lipinski definition) is 0. The van der Waals surface area contributed by atoms with E-state index in [0.717, 1.165) is 12.8 Å². The van der Waals surface area contributed by atoms with E-state index in [4.69, 9.17) is 9.26 Å². The van der Waals surface area contributed by atoms with E-state index in [1.807, 2.05) is 0 Å². The minimum absolute atomic E-state index is 0.0937. The molecule has 1 fully saturated rings. The first-order valence-electron chi connectivity index (χ1n) is 7.27. The highest BCUT2D eigenvalue weighted by molar-refractivity contribution is 5.92. The van der Waals surface area contributed by atoms with E-state index in [0.29, 0.717) is 36.2 Å². The molecule has 0 N–H and O–H groups in total. The fourth-order valence-corrected chi connectivity index (χ4v) is 2.67. The molecule has 3 heterocycles. The van der Waals surface area contributed by atoms with E-state index in [1.165, 1.54) is 0 Å². The summed E-state index contributed by atoms with van der Waals surface area (Å²) < 4.78 is 10.2. The summed E-state index contributed by atoms with van der Waals surface area (Å²) in [6, 6.07) is 3.38. The molecule has 7 nitrogen and oxygen atoms in total. The summed E-state index contributed by atoms with van der Waals surface area (Å²) in [5.74, 6) is 1.87. The average Bonchev–Trinajstić information content (AvgIpc) is 3.01. The van der Waals surface area contributed by atoms with Crippen molar-refractivity contribution < 1.29 is 14.1 Å². The standard InChI is InChI=1S/C15H18N4O3/c1-10-17-14(18-22-10)11-4-3-7-19(9-11)15(20)13-8-12(21-2)5-6-16-13/h5-6,8,11H,3-4,7,9H2,1-2H3/t11-/m0/s1. The van der Waals surface area contributed by atoms with Gasteiger partial charge in [0.1, 0.15) is 11.4 Å². The molecule has 0 aromatic carbocycles. The second-order valence-electron chi connectivity index (χ2n) is 5.34. The molecule has 116 valence electrons. The first kappa shape index (κ1) is 14.5. The normalized spacial score (nSPS) is 18.3. The van der Waals surface area contributed by atoms with Crippen LogP contribution in [-0.2, 0) is 0 Å². The SMILES string of the molecule is COc1ccnc(C(=O)N2CCC[C@H](c3noc(C)n3)C2)c1. The molecule has 3 rings (SSSR count). The molecule has 0 aliphatic carbocycles. The van der Waals surface area contributed by atoms with Crippen molar-refractivity contribution >= 4 is 5.91 Å². The maximum atomic E-state index is 12.6. The number of likely N-dealkylation sites (tertiary alicyclic amines) is 1. The number of aromatic nitrogens is 3. The van der Waals surface area contributed by atoms with Crippen molar-refractivity contribution in [2.45, 2.75) is 25.7 Å². The summed E-state index contributed by atoms with van der Waals surface area (Å²) in [7, 11) is 1.57. The zero-order chi connectivity index (χ0) is 15.5. The van der Waals surface area contributed by atoms with Gasteiger partial charge in [-0.2, -0.15) is 4.98 Å². The van der Waals surface area contributed by atoms with Gasteiger partial charge in [-0.3, -0.25) is 9.78 Å². The number of piperidine rings is 1. The number of methoxy groups -OCH3 is 1. The average molecular weight is 302 g/mol. The first-order valence-corrected chi connectivity index (χ1v) is 7.27. The lowest BCUT2D eigenvalue weighted by Gasteiger charge is -2.31. The maximum absolute atomic E-state index is 12.6. The van der Waals surface area contributed by atoms with Crippen LogP contribution in [-0.4, -0.2) is 46.1 Å². The van der Waals surface area contributed by atoms with Gasteiger partial charge >= 0.3 is 0 Å². The van der Waals surface area contributed by atoms with Gasteiger partial charge in [0.15, 0.2) is 5.82 Å². The summed E-state index contributed by atoms with van der Waals surface area (Å²) >= 11 is 0. The molecule has 0 saturated carbocycles. The van der Waals surface area contributed by atoms with E-state index in [1.54, 1.807) is 37.3 Å². The Morgan fingerprint density at radius 3 is 3.09 bits per heavy atom. The Bertz CT molecular complexity index is 670. The highest BCUT2D eigenvalue weighted by Crippen LogP contribution is 2.26. The number of hydrogen-bond acceptors (Lipinski definition) is 6. The minimum Gasteiger partial charge on any atom is -0.497 e. The van der Waals surface area contributed by atoms with Gasteiger partial charge < -0.3 is 14.2 Å². The van der Waals surface area contributed by atoms with Gasteiger partial charge in [0.2, 0.25) is 5.89 Å². The van der Waals surface area contributed by atoms with Crippen molar-refractivity contribution in [2.24, 2.45) is 0 Å². The lowest BCUT2D eigenvalue weighted by molar-refractivity contribution is 0.0697. The van der Waals surface area contributed by atoms with Crippen LogP contribution in [0, 0.1) is 6.92 Å². The summed E-state index contributed by atoms with van der Waals surface area (Å²) in [5, 5.41) is 3.97. The van der Waals surface area contributed by atoms with Gasteiger partial charge in [0.25, 0.3) is 5.91 Å². The summed E-state index contributed by atoms with van der Waals surface area (Å²) in [5.41, 5.74) is 0.393. The van der Waals surface area contributed by atoms with Gasteiger partial charge in [-0.05, 0) is 18.9 Å². The first-order chi connectivity index (χ1) is 10.7. The lowest BCUT2D eigenvalue weighted by atomic mass is 9.97. The second-order valence-corrected chi connectivity index (χ2v) is 5.34. The second kappa shape index (κ2) is 6.13. The predicted molar refractivity (Wildman–Crippen MR) is 77.7 cm³/mol. The molecule has 1 aliphatic rings. The van der Waals surface area contributed by atoms with Crippen LogP contribution in [0.25, 0.3) is 0 Å². The molecule has 0 unspecified atom stereocenters. The predicted octanol–water partition coefficient (Wildman–Crippen LogP) is 1.80. The molecule has 22 heavy (non-hydrogen) atoms. The largest absolute Gasteiger partial charge is 0.497 e. The molecular formula is C15H18N4O3. The summed E-state index contributed by atoms with van der Waals surface area (Å²) in [6.45, 7) is 3.06. The van der Waals surface area contributed by atoms with Crippen molar-refractivity contribution in [2.75, 3.05) is 20.2 Å². The van der Waals surface area contributed by atoms with Gasteiger partial charge in [0, 0.05) is 38.2 Å². The molecule has 1 aliphatic heterocycles. The van der Waals surface area contributed by atoms with Crippen molar-refractivity contribution in [3.05, 3.63) is 35.7 Å². The highest BCUT2D eigenvalue weighted by atomic mass is 16.5. The van der Waals surface area contributed by atoms with Crippen LogP contribution in [0.3, 0.4) is 0 Å². The van der Waals surface area contributed by atoms with Gasteiger partial charge in [-0.1, -0.05) is 5.16 Å². The van der Waals surface area contributed by atoms with Crippen LogP contribution in [0.2, 0.25) is 0 Å². The van der Waals surface area contributed by atoms with Gasteiger partial charge in [-0.15, -0.1) is 0 Å². The van der Waals surface area contributed by atoms with Crippen LogP contribution in [0.15, 0.2) is 22.9 Å². The fraction of sp³-hybridized carbons (Fsp3) is 0.467. The Morgan fingerprint density at radius 2 is 2.36 bits per heavy atom. The van der Waals surface area contributed by atoms with E-state index in [-0.39, 0.29) is 11.8 Å². The molecule has 0 bridgehead atoms. The van der Waals surface area contributed by atoms with Crippen LogP contribution in [0.1, 0.15) is 41.0 Å². The molecular weight excluding hydrogens is 284 g/mol. The van der Waals surface area contributed by atoms with Gasteiger partial charge in [-0.25, -0.2) is 0 Å². The third kappa shape index (κ3) is 2.93. The van der Waals surface area contributed by atoms with Crippen molar-refractivity contribution in [1.29, 1.82) is 0 Å². The zero-order valence-electron chi connectivity index (χ0n) is 12.7. The number of nitrogens with zero attached hydrogens (tertiary/aromatic N) is 4. The number of rotatable bonds is 3. The zero-order valence-corrected chi connectivity index (χ0v) is 12.7. The maximum Gasteiger partial charge on any atom is 0.272 e. The molecule has 2 aromatic rings. The molecule has 0 radical (unpaired) electrons. The van der Waals surface area contributed by atoms with Crippen LogP contribution >= 0.6 is 0 Å². The molecule has 7 heteroatoms. The van der Waals surface area contributed by atoms with Crippen molar-refractivity contribution in [3.63, 3.8) is 0 Å². The van der Waals surface area contributed by atoms with Crippen LogP contribution < -0.4 is 4.74 Å². The van der Waals surface area contributed by atoms with Crippen molar-refractivity contribution in [1.82, 2.24) is 20.0 Å². The highest BCUT2D eigenvalue weighted by Gasteiger charge is 2.28. The number of carbonyl (C=O) groups excluding carboxylic acids is 1. The number of amides is 1. The van der Waals surface area contributed by atoms with E-state index in [9.17, 15) is 4.79 Å². The quantitative estimate of drug-likeness (QED) is 0.860. The van der Waals surface area contributed by atoms with E-state index >= 15 is 0 Å². The number of pyridine rings is 1. The molecule has 1 saturated heterocycles. The number of carbonyl (C=O) groups is 1. The number of ether oxygens (including phenoxy) is 1. The Kier molecular flexibility index (Phi) is 4.04. The third-order valence-corrected chi connectivity index (χ3v) is 3.80. The smallest absolute Gasteiger partial charge is 0.272 e. The topological polar surface area (TPSA) is 81.4 Å². The fourth-order valence-electron chi connectivity index (χ4n) is 2.67. The minimum atomic E-state index is -0.0937. The summed E-state index contributed by atoms with van der Waals surface area (Å²) in [4.78, 5) is 22.8. The molecule has 2 aromatic heterocycles. The van der Waals surface area contributed by atoms with Crippen LogP contribution in [0.5, 0.6) is 5.75 Å². The molecule has 0 spiro atoms. The molecule has 1 amide bonds. The van der Waals surface area contributed by atoms with Gasteiger partial charge in [0.05, 0.1) is 7.11 Å². The summed E-state index contributed by atoms with van der Waals surface area (Å²) in [6.07, 6.45) is 3.44. The Morgan fingerprint density at radius 1 is 1.50 bits per heavy atom. The van der Waals surface area contributed by atoms with Crippen molar-refractivity contribution in [3.8, 4) is 5.75 Å². The molecule has 1 atom stereocenters. The Hall–Kier alpha value is -2.44.